The van der Waals surface area contributed by atoms with Crippen LogP contribution in [0.4, 0.5) is 0 Å². The summed E-state index contributed by atoms with van der Waals surface area (Å²) in [6.45, 7) is 1.97. The van der Waals surface area contributed by atoms with Crippen LogP contribution in [0.15, 0.2) is 0 Å². The molecule has 1 aromatic heterocycles. The molecule has 0 aliphatic carbocycles. The second-order valence-corrected chi connectivity index (χ2v) is 3.46. The third kappa shape index (κ3) is 2.26. The number of hydrogen-bond acceptors (Lipinski definition) is 2. The number of carboxylic acid groups (broad SMARTS) is 1. The van der Waals surface area contributed by atoms with Crippen LogP contribution in [0.5, 0.6) is 0 Å². The van der Waals surface area contributed by atoms with Gasteiger partial charge in [-0.25, -0.2) is 0 Å². The van der Waals surface area contributed by atoms with Gasteiger partial charge in [0, 0.05) is 13.5 Å². The smallest absolute Gasteiger partial charge is 0.303 e. The SMILES string of the molecule is CCc1nn(C)c(CCC(=O)O)c1Cl. The molecule has 0 spiro atoms. The van der Waals surface area contributed by atoms with Crippen molar-refractivity contribution < 1.29 is 9.90 Å². The molecule has 1 N–H and O–H groups in total. The molecule has 5 heteroatoms. The molecule has 4 nitrogen and oxygen atoms in total. The Morgan fingerprint density at radius 3 is 2.71 bits per heavy atom. The lowest BCUT2D eigenvalue weighted by Gasteiger charge is -1.99. The highest BCUT2D eigenvalue weighted by molar-refractivity contribution is 6.31. The molecular weight excluding hydrogens is 204 g/mol. The Kier molecular flexibility index (Phi) is 3.52. The number of aliphatic carboxylic acids is 1. The number of aryl methyl sites for hydroxylation is 2. The van der Waals surface area contributed by atoms with E-state index in [1.807, 2.05) is 6.92 Å². The third-order valence-corrected chi connectivity index (χ3v) is 2.51. The van der Waals surface area contributed by atoms with Crippen LogP contribution in [0.3, 0.4) is 0 Å². The minimum Gasteiger partial charge on any atom is -0.481 e. The van der Waals surface area contributed by atoms with Crippen molar-refractivity contribution in [3.63, 3.8) is 0 Å². The normalized spacial score (nSPS) is 10.5. The van der Waals surface area contributed by atoms with Crippen molar-refractivity contribution in [3.8, 4) is 0 Å². The molecule has 1 heterocycles. The Labute approximate surface area is 87.5 Å². The maximum absolute atomic E-state index is 10.4. The van der Waals surface area contributed by atoms with Crippen molar-refractivity contribution in [2.24, 2.45) is 7.05 Å². The van der Waals surface area contributed by atoms with Gasteiger partial charge in [-0.2, -0.15) is 5.10 Å². The van der Waals surface area contributed by atoms with E-state index in [4.69, 9.17) is 16.7 Å². The summed E-state index contributed by atoms with van der Waals surface area (Å²) in [6, 6.07) is 0. The predicted molar refractivity (Wildman–Crippen MR) is 53.6 cm³/mol. The maximum atomic E-state index is 10.4. The molecule has 0 aliphatic rings. The zero-order chi connectivity index (χ0) is 10.7. The van der Waals surface area contributed by atoms with E-state index in [-0.39, 0.29) is 6.42 Å². The molecule has 78 valence electrons. The largest absolute Gasteiger partial charge is 0.481 e. The Morgan fingerprint density at radius 2 is 2.29 bits per heavy atom. The zero-order valence-corrected chi connectivity index (χ0v) is 9.01. The summed E-state index contributed by atoms with van der Waals surface area (Å²) in [7, 11) is 1.78. The van der Waals surface area contributed by atoms with Gasteiger partial charge in [-0.15, -0.1) is 0 Å². The number of rotatable bonds is 4. The van der Waals surface area contributed by atoms with Gasteiger partial charge in [-0.3, -0.25) is 9.48 Å². The first-order chi connectivity index (χ1) is 6.56. The lowest BCUT2D eigenvalue weighted by atomic mass is 10.2. The van der Waals surface area contributed by atoms with Gasteiger partial charge in [0.05, 0.1) is 22.8 Å². The van der Waals surface area contributed by atoms with Gasteiger partial charge in [-0.05, 0) is 6.42 Å². The summed E-state index contributed by atoms with van der Waals surface area (Å²) in [5, 5.41) is 13.4. The molecule has 0 saturated heterocycles. The average molecular weight is 217 g/mol. The second-order valence-electron chi connectivity index (χ2n) is 3.08. The summed E-state index contributed by atoms with van der Waals surface area (Å²) in [5.74, 6) is -0.819. The number of aromatic nitrogens is 2. The first kappa shape index (κ1) is 11.0. The van der Waals surface area contributed by atoms with Gasteiger partial charge in [-0.1, -0.05) is 18.5 Å². The highest BCUT2D eigenvalue weighted by Crippen LogP contribution is 2.21. The van der Waals surface area contributed by atoms with Crippen molar-refractivity contribution in [3.05, 3.63) is 16.4 Å². The minimum atomic E-state index is -0.819. The van der Waals surface area contributed by atoms with E-state index in [1.165, 1.54) is 0 Å². The maximum Gasteiger partial charge on any atom is 0.303 e. The third-order valence-electron chi connectivity index (χ3n) is 2.08. The van der Waals surface area contributed by atoms with Gasteiger partial charge < -0.3 is 5.11 Å². The molecule has 0 aromatic carbocycles. The molecule has 1 rings (SSSR count). The first-order valence-corrected chi connectivity index (χ1v) is 4.86. The van der Waals surface area contributed by atoms with E-state index in [0.717, 1.165) is 17.8 Å². The van der Waals surface area contributed by atoms with Crippen LogP contribution in [-0.2, 0) is 24.7 Å². The molecule has 0 aliphatic heterocycles. The predicted octanol–water partition coefficient (Wildman–Crippen LogP) is 1.65. The highest BCUT2D eigenvalue weighted by atomic mass is 35.5. The quantitative estimate of drug-likeness (QED) is 0.833. The summed E-state index contributed by atoms with van der Waals surface area (Å²) in [4.78, 5) is 10.4. The summed E-state index contributed by atoms with van der Waals surface area (Å²) in [5.41, 5.74) is 1.63. The van der Waals surface area contributed by atoms with Crippen molar-refractivity contribution in [1.82, 2.24) is 9.78 Å². The molecule has 0 fully saturated rings. The lowest BCUT2D eigenvalue weighted by Crippen LogP contribution is -2.03. The molecule has 0 unspecified atom stereocenters. The number of carboxylic acids is 1. The van der Waals surface area contributed by atoms with E-state index < -0.39 is 5.97 Å². The van der Waals surface area contributed by atoms with Crippen molar-refractivity contribution in [2.45, 2.75) is 26.2 Å². The fourth-order valence-corrected chi connectivity index (χ4v) is 1.70. The number of halogens is 1. The number of carbonyl (C=O) groups is 1. The molecular formula is C9H13ClN2O2. The summed E-state index contributed by atoms with van der Waals surface area (Å²) in [6.07, 6.45) is 1.28. The van der Waals surface area contributed by atoms with E-state index in [1.54, 1.807) is 11.7 Å². The molecule has 14 heavy (non-hydrogen) atoms. The zero-order valence-electron chi connectivity index (χ0n) is 8.25. The Morgan fingerprint density at radius 1 is 1.64 bits per heavy atom. The van der Waals surface area contributed by atoms with Crippen LogP contribution < -0.4 is 0 Å². The molecule has 0 saturated carbocycles. The molecule has 0 amide bonds. The Bertz CT molecular complexity index is 347. The topological polar surface area (TPSA) is 55.1 Å². The number of hydrogen-bond donors (Lipinski definition) is 1. The van der Waals surface area contributed by atoms with Crippen LogP contribution in [0.1, 0.15) is 24.7 Å². The number of nitrogens with zero attached hydrogens (tertiary/aromatic N) is 2. The van der Waals surface area contributed by atoms with Crippen LogP contribution in [-0.4, -0.2) is 20.9 Å². The molecule has 1 aromatic rings. The minimum absolute atomic E-state index is 0.0857. The fourth-order valence-electron chi connectivity index (χ4n) is 1.32. The van der Waals surface area contributed by atoms with Crippen molar-refractivity contribution >= 4 is 17.6 Å². The standard InChI is InChI=1S/C9H13ClN2O2/c1-3-6-9(10)7(12(2)11-6)4-5-8(13)14/h3-5H2,1-2H3,(H,13,14). The van der Waals surface area contributed by atoms with Gasteiger partial charge in [0.15, 0.2) is 0 Å². The molecule has 0 radical (unpaired) electrons. The highest BCUT2D eigenvalue weighted by Gasteiger charge is 2.13. The van der Waals surface area contributed by atoms with Crippen LogP contribution >= 0.6 is 11.6 Å². The summed E-state index contributed by atoms with van der Waals surface area (Å²) >= 11 is 6.04. The monoisotopic (exact) mass is 216 g/mol. The lowest BCUT2D eigenvalue weighted by molar-refractivity contribution is -0.136. The van der Waals surface area contributed by atoms with Crippen molar-refractivity contribution in [2.75, 3.05) is 0 Å². The summed E-state index contributed by atoms with van der Waals surface area (Å²) < 4.78 is 1.66. The van der Waals surface area contributed by atoms with E-state index in [2.05, 4.69) is 5.10 Å². The van der Waals surface area contributed by atoms with Crippen molar-refractivity contribution in [1.29, 1.82) is 0 Å². The van der Waals surface area contributed by atoms with E-state index in [0.29, 0.717) is 11.4 Å². The second kappa shape index (κ2) is 4.46. The Hall–Kier alpha value is -1.03. The Balaban J connectivity index is 2.85. The average Bonchev–Trinajstić information content (AvgIpc) is 2.39. The molecule has 0 bridgehead atoms. The van der Waals surface area contributed by atoms with E-state index in [9.17, 15) is 4.79 Å². The van der Waals surface area contributed by atoms with Crippen LogP contribution in [0.25, 0.3) is 0 Å². The molecule has 0 atom stereocenters. The van der Waals surface area contributed by atoms with Crippen LogP contribution in [0.2, 0.25) is 5.02 Å². The van der Waals surface area contributed by atoms with Gasteiger partial charge in [0.25, 0.3) is 0 Å². The van der Waals surface area contributed by atoms with Gasteiger partial charge in [0.1, 0.15) is 0 Å². The van der Waals surface area contributed by atoms with Gasteiger partial charge in [0.2, 0.25) is 0 Å². The van der Waals surface area contributed by atoms with Gasteiger partial charge >= 0.3 is 5.97 Å². The van der Waals surface area contributed by atoms with Crippen LogP contribution in [0, 0.1) is 0 Å². The first-order valence-electron chi connectivity index (χ1n) is 4.48. The van der Waals surface area contributed by atoms with E-state index >= 15 is 0 Å². The fraction of sp³-hybridized carbons (Fsp3) is 0.556.